The maximum atomic E-state index is 8.73. The second kappa shape index (κ2) is 2.73. The number of hydrogen-bond acceptors (Lipinski definition) is 3. The number of rotatable bonds is 1. The number of nitrogens with zero attached hydrogens (tertiary/aromatic N) is 2. The molecule has 1 saturated heterocycles. The van der Waals surface area contributed by atoms with E-state index in [2.05, 4.69) is 29.2 Å². The van der Waals surface area contributed by atoms with Crippen LogP contribution < -0.4 is 4.90 Å². The van der Waals surface area contributed by atoms with E-state index in [1.165, 1.54) is 15.1 Å². The van der Waals surface area contributed by atoms with Gasteiger partial charge in [0, 0.05) is 4.70 Å². The summed E-state index contributed by atoms with van der Waals surface area (Å²) in [5.41, 5.74) is 0. The van der Waals surface area contributed by atoms with Gasteiger partial charge in [-0.05, 0) is 17.5 Å². The minimum Gasteiger partial charge on any atom is -0.343 e. The van der Waals surface area contributed by atoms with Gasteiger partial charge < -0.3 is 4.90 Å². The lowest BCUT2D eigenvalue weighted by molar-refractivity contribution is 1.28. The Morgan fingerprint density at radius 2 is 2.29 bits per heavy atom. The van der Waals surface area contributed by atoms with Crippen molar-refractivity contribution in [3.8, 4) is 6.07 Å². The van der Waals surface area contributed by atoms with E-state index in [4.69, 9.17) is 5.26 Å². The topological polar surface area (TPSA) is 26.8 Å². The van der Waals surface area contributed by atoms with Crippen LogP contribution in [0.15, 0.2) is 30.3 Å². The molecule has 1 aliphatic heterocycles. The summed E-state index contributed by atoms with van der Waals surface area (Å²) in [4.78, 5) is 2.13. The molecule has 0 bridgehead atoms. The van der Waals surface area contributed by atoms with Crippen molar-refractivity contribution in [1.82, 2.24) is 0 Å². The Bertz CT molecular complexity index is 490. The number of thiophene rings is 1. The number of hydrogen-bond donors (Lipinski definition) is 0. The van der Waals surface area contributed by atoms with Crippen molar-refractivity contribution in [1.29, 1.82) is 5.26 Å². The SMILES string of the molecule is N#CC1CN1c1cc2ccccc2s1. The molecule has 0 spiro atoms. The van der Waals surface area contributed by atoms with E-state index < -0.39 is 0 Å². The molecule has 14 heavy (non-hydrogen) atoms. The van der Waals surface area contributed by atoms with Crippen molar-refractivity contribution < 1.29 is 0 Å². The van der Waals surface area contributed by atoms with Gasteiger partial charge in [-0.3, -0.25) is 0 Å². The molecule has 1 aromatic carbocycles. The van der Waals surface area contributed by atoms with Crippen molar-refractivity contribution in [3.05, 3.63) is 30.3 Å². The molecule has 0 radical (unpaired) electrons. The molecule has 1 aromatic heterocycles. The second-order valence-electron chi connectivity index (χ2n) is 3.42. The predicted molar refractivity (Wildman–Crippen MR) is 58.6 cm³/mol. The largest absolute Gasteiger partial charge is 0.343 e. The third-order valence-corrected chi connectivity index (χ3v) is 3.61. The first-order chi connectivity index (χ1) is 6.88. The molecule has 0 saturated carbocycles. The maximum Gasteiger partial charge on any atom is 0.135 e. The van der Waals surface area contributed by atoms with Gasteiger partial charge in [0.25, 0.3) is 0 Å². The van der Waals surface area contributed by atoms with Gasteiger partial charge in [0.1, 0.15) is 6.04 Å². The molecule has 0 aliphatic carbocycles. The molecule has 1 unspecified atom stereocenters. The third-order valence-electron chi connectivity index (χ3n) is 2.46. The van der Waals surface area contributed by atoms with Crippen LogP contribution in [0.3, 0.4) is 0 Å². The van der Waals surface area contributed by atoms with Crippen LogP contribution in [0, 0.1) is 11.3 Å². The maximum absolute atomic E-state index is 8.73. The number of benzene rings is 1. The summed E-state index contributed by atoms with van der Waals surface area (Å²) in [6.07, 6.45) is 0. The summed E-state index contributed by atoms with van der Waals surface area (Å²) < 4.78 is 1.30. The third kappa shape index (κ3) is 1.08. The van der Waals surface area contributed by atoms with Gasteiger partial charge in [-0.15, -0.1) is 11.3 Å². The van der Waals surface area contributed by atoms with Crippen LogP contribution in [0.1, 0.15) is 0 Å². The molecular formula is C11H8N2S. The normalized spacial score (nSPS) is 19.6. The van der Waals surface area contributed by atoms with Gasteiger partial charge >= 0.3 is 0 Å². The number of anilines is 1. The van der Waals surface area contributed by atoms with Gasteiger partial charge in [0.15, 0.2) is 0 Å². The molecule has 68 valence electrons. The molecule has 3 heteroatoms. The van der Waals surface area contributed by atoms with E-state index in [-0.39, 0.29) is 6.04 Å². The predicted octanol–water partition coefficient (Wildman–Crippen LogP) is 2.61. The second-order valence-corrected chi connectivity index (χ2v) is 4.48. The van der Waals surface area contributed by atoms with Crippen LogP contribution in [0.5, 0.6) is 0 Å². The zero-order chi connectivity index (χ0) is 9.54. The first kappa shape index (κ1) is 7.84. The van der Waals surface area contributed by atoms with Gasteiger partial charge in [-0.2, -0.15) is 5.26 Å². The average molecular weight is 200 g/mol. The van der Waals surface area contributed by atoms with Crippen molar-refractivity contribution in [2.24, 2.45) is 0 Å². The Balaban J connectivity index is 2.04. The molecule has 0 N–H and O–H groups in total. The highest BCUT2D eigenvalue weighted by atomic mass is 32.1. The lowest BCUT2D eigenvalue weighted by Crippen LogP contribution is -1.92. The first-order valence-corrected chi connectivity index (χ1v) is 5.35. The standard InChI is InChI=1S/C11H8N2S/c12-6-9-7-13(9)11-5-8-3-1-2-4-10(8)14-11/h1-5,9H,7H2. The highest BCUT2D eigenvalue weighted by molar-refractivity contribution is 7.22. The monoisotopic (exact) mass is 200 g/mol. The summed E-state index contributed by atoms with van der Waals surface area (Å²) >= 11 is 1.76. The Labute approximate surface area is 86.0 Å². The van der Waals surface area contributed by atoms with E-state index in [1.807, 2.05) is 12.1 Å². The van der Waals surface area contributed by atoms with Gasteiger partial charge in [-0.1, -0.05) is 18.2 Å². The first-order valence-electron chi connectivity index (χ1n) is 4.53. The Hall–Kier alpha value is -1.53. The molecule has 1 atom stereocenters. The zero-order valence-electron chi connectivity index (χ0n) is 7.47. The highest BCUT2D eigenvalue weighted by Gasteiger charge is 2.35. The fourth-order valence-corrected chi connectivity index (χ4v) is 2.72. The van der Waals surface area contributed by atoms with Gasteiger partial charge in [-0.25, -0.2) is 0 Å². The van der Waals surface area contributed by atoms with Gasteiger partial charge in [0.05, 0.1) is 17.6 Å². The molecule has 2 aromatic rings. The molecule has 0 amide bonds. The zero-order valence-corrected chi connectivity index (χ0v) is 8.29. The van der Waals surface area contributed by atoms with Crippen molar-refractivity contribution >= 4 is 26.4 Å². The lowest BCUT2D eigenvalue weighted by atomic mass is 10.3. The minimum atomic E-state index is 0.114. The molecule has 1 aliphatic rings. The van der Waals surface area contributed by atoms with Crippen LogP contribution in [0.25, 0.3) is 10.1 Å². The Kier molecular flexibility index (Phi) is 1.53. The van der Waals surface area contributed by atoms with Crippen LogP contribution in [0.2, 0.25) is 0 Å². The summed E-state index contributed by atoms with van der Waals surface area (Å²) in [5.74, 6) is 0. The number of fused-ring (bicyclic) bond motifs is 1. The number of nitriles is 1. The fourth-order valence-electron chi connectivity index (χ4n) is 1.60. The van der Waals surface area contributed by atoms with Crippen molar-refractivity contribution in [2.45, 2.75) is 6.04 Å². The fraction of sp³-hybridized carbons (Fsp3) is 0.182. The Morgan fingerprint density at radius 1 is 1.43 bits per heavy atom. The highest BCUT2D eigenvalue weighted by Crippen LogP contribution is 2.37. The van der Waals surface area contributed by atoms with E-state index in [9.17, 15) is 0 Å². The molecule has 2 nitrogen and oxygen atoms in total. The van der Waals surface area contributed by atoms with Crippen molar-refractivity contribution in [2.75, 3.05) is 11.4 Å². The Morgan fingerprint density at radius 3 is 3.00 bits per heavy atom. The van der Waals surface area contributed by atoms with E-state index in [1.54, 1.807) is 11.3 Å². The van der Waals surface area contributed by atoms with Crippen LogP contribution >= 0.6 is 11.3 Å². The quantitative estimate of drug-likeness (QED) is 0.661. The molecule has 3 rings (SSSR count). The van der Waals surface area contributed by atoms with Gasteiger partial charge in [0.2, 0.25) is 0 Å². The van der Waals surface area contributed by atoms with Crippen LogP contribution in [-0.2, 0) is 0 Å². The smallest absolute Gasteiger partial charge is 0.135 e. The molecular weight excluding hydrogens is 192 g/mol. The summed E-state index contributed by atoms with van der Waals surface area (Å²) in [5, 5.41) is 11.2. The lowest BCUT2D eigenvalue weighted by Gasteiger charge is -1.93. The summed E-state index contributed by atoms with van der Waals surface area (Å²) in [6.45, 7) is 0.892. The minimum absolute atomic E-state index is 0.114. The summed E-state index contributed by atoms with van der Waals surface area (Å²) in [7, 11) is 0. The van der Waals surface area contributed by atoms with Crippen LogP contribution in [0.4, 0.5) is 5.00 Å². The molecule has 1 fully saturated rings. The summed E-state index contributed by atoms with van der Waals surface area (Å²) in [6, 6.07) is 12.9. The van der Waals surface area contributed by atoms with E-state index in [0.29, 0.717) is 0 Å². The van der Waals surface area contributed by atoms with Crippen molar-refractivity contribution in [3.63, 3.8) is 0 Å². The van der Waals surface area contributed by atoms with E-state index in [0.717, 1.165) is 6.54 Å². The molecule has 2 heterocycles. The van der Waals surface area contributed by atoms with E-state index >= 15 is 0 Å². The average Bonchev–Trinajstić information content (AvgIpc) is 2.89. The van der Waals surface area contributed by atoms with Crippen LogP contribution in [-0.4, -0.2) is 12.6 Å².